The van der Waals surface area contributed by atoms with Crippen molar-refractivity contribution < 1.29 is 9.32 Å². The third-order valence-corrected chi connectivity index (χ3v) is 4.74. The Kier molecular flexibility index (Phi) is 6.21. The normalized spacial score (nSPS) is 12.2. The molecular formula is C22H26N4O2. The summed E-state index contributed by atoms with van der Waals surface area (Å²) in [5, 5.41) is 6.98. The Balaban J connectivity index is 1.61. The van der Waals surface area contributed by atoms with E-state index in [-0.39, 0.29) is 18.4 Å². The summed E-state index contributed by atoms with van der Waals surface area (Å²) in [6.07, 6.45) is 0.0624. The first kappa shape index (κ1) is 19.8. The zero-order valence-electron chi connectivity index (χ0n) is 16.8. The largest absolute Gasteiger partial charge is 0.354 e. The Morgan fingerprint density at radius 3 is 2.50 bits per heavy atom. The predicted molar refractivity (Wildman–Crippen MR) is 109 cm³/mol. The van der Waals surface area contributed by atoms with Gasteiger partial charge in [0.05, 0.1) is 6.04 Å². The van der Waals surface area contributed by atoms with Crippen LogP contribution in [0.4, 0.5) is 0 Å². The summed E-state index contributed by atoms with van der Waals surface area (Å²) in [6, 6.07) is 16.3. The number of carbonyl (C=O) groups is 1. The fraction of sp³-hybridized carbons (Fsp3) is 0.318. The molecule has 0 aliphatic carbocycles. The van der Waals surface area contributed by atoms with E-state index in [1.54, 1.807) is 0 Å². The van der Waals surface area contributed by atoms with Gasteiger partial charge in [-0.3, -0.25) is 4.79 Å². The molecule has 146 valence electrons. The molecule has 3 aromatic rings. The minimum Gasteiger partial charge on any atom is -0.354 e. The zero-order chi connectivity index (χ0) is 20.1. The van der Waals surface area contributed by atoms with Gasteiger partial charge >= 0.3 is 0 Å². The second kappa shape index (κ2) is 8.80. The quantitative estimate of drug-likeness (QED) is 0.683. The zero-order valence-corrected chi connectivity index (χ0v) is 16.8. The number of benzene rings is 2. The van der Waals surface area contributed by atoms with Gasteiger partial charge in [0.1, 0.15) is 6.42 Å². The fourth-order valence-corrected chi connectivity index (χ4v) is 3.06. The van der Waals surface area contributed by atoms with Crippen LogP contribution in [0, 0.1) is 13.8 Å². The number of nitrogens with one attached hydrogen (secondary N) is 1. The van der Waals surface area contributed by atoms with Gasteiger partial charge in [-0.15, -0.1) is 0 Å². The molecule has 1 unspecified atom stereocenters. The van der Waals surface area contributed by atoms with Gasteiger partial charge in [-0.05, 0) is 39.1 Å². The smallest absolute Gasteiger partial charge is 0.236 e. The van der Waals surface area contributed by atoms with E-state index in [1.807, 2.05) is 45.3 Å². The number of hydrogen-bond donors (Lipinski definition) is 1. The van der Waals surface area contributed by atoms with Crippen LogP contribution in [0.1, 0.15) is 28.6 Å². The lowest BCUT2D eigenvalue weighted by Crippen LogP contribution is -2.35. The van der Waals surface area contributed by atoms with Gasteiger partial charge in [-0.2, -0.15) is 4.98 Å². The van der Waals surface area contributed by atoms with Gasteiger partial charge in [-0.1, -0.05) is 59.3 Å². The molecule has 0 spiro atoms. The standard InChI is InChI=1S/C22H26N4O2/c1-15-9-11-17(12-10-15)19(26(3)4)14-23-20(27)13-21-24-22(25-28-21)18-8-6-5-7-16(18)2/h5-12,19H,13-14H2,1-4H3,(H,23,27). The van der Waals surface area contributed by atoms with E-state index in [0.717, 1.165) is 16.7 Å². The van der Waals surface area contributed by atoms with Gasteiger partial charge in [0.25, 0.3) is 0 Å². The summed E-state index contributed by atoms with van der Waals surface area (Å²) in [7, 11) is 4.01. The average Bonchev–Trinajstić information content (AvgIpc) is 3.11. The van der Waals surface area contributed by atoms with Crippen LogP contribution in [0.2, 0.25) is 0 Å². The number of aromatic nitrogens is 2. The number of aryl methyl sites for hydroxylation is 2. The summed E-state index contributed by atoms with van der Waals surface area (Å²) >= 11 is 0. The molecule has 0 aliphatic rings. The molecule has 1 N–H and O–H groups in total. The van der Waals surface area contributed by atoms with Crippen LogP contribution in [0.25, 0.3) is 11.4 Å². The van der Waals surface area contributed by atoms with Crippen molar-refractivity contribution in [2.45, 2.75) is 26.3 Å². The van der Waals surface area contributed by atoms with Crippen molar-refractivity contribution in [1.29, 1.82) is 0 Å². The monoisotopic (exact) mass is 378 g/mol. The molecule has 0 aliphatic heterocycles. The number of amides is 1. The van der Waals surface area contributed by atoms with Crippen LogP contribution >= 0.6 is 0 Å². The number of carbonyl (C=O) groups excluding carboxylic acids is 1. The SMILES string of the molecule is Cc1ccc(C(CNC(=O)Cc2nc(-c3ccccc3C)no2)N(C)C)cc1. The lowest BCUT2D eigenvalue weighted by molar-refractivity contribution is -0.121. The van der Waals surface area contributed by atoms with Gasteiger partial charge in [0, 0.05) is 12.1 Å². The maximum absolute atomic E-state index is 12.4. The van der Waals surface area contributed by atoms with Gasteiger partial charge in [0.2, 0.25) is 17.6 Å². The maximum Gasteiger partial charge on any atom is 0.236 e. The second-order valence-corrected chi connectivity index (χ2v) is 7.20. The van der Waals surface area contributed by atoms with Crippen molar-refractivity contribution in [2.75, 3.05) is 20.6 Å². The molecule has 1 heterocycles. The van der Waals surface area contributed by atoms with Crippen molar-refractivity contribution in [3.05, 3.63) is 71.1 Å². The molecule has 28 heavy (non-hydrogen) atoms. The number of hydrogen-bond acceptors (Lipinski definition) is 5. The van der Waals surface area contributed by atoms with E-state index in [9.17, 15) is 4.79 Å². The Bertz CT molecular complexity index is 932. The van der Waals surface area contributed by atoms with Crippen LogP contribution in [0.3, 0.4) is 0 Å². The molecule has 0 saturated heterocycles. The van der Waals surface area contributed by atoms with E-state index in [1.165, 1.54) is 5.56 Å². The highest BCUT2D eigenvalue weighted by Gasteiger charge is 2.17. The third-order valence-electron chi connectivity index (χ3n) is 4.74. The van der Waals surface area contributed by atoms with Gasteiger partial charge in [0.15, 0.2) is 0 Å². The summed E-state index contributed by atoms with van der Waals surface area (Å²) < 4.78 is 5.26. The first-order valence-electron chi connectivity index (χ1n) is 9.32. The summed E-state index contributed by atoms with van der Waals surface area (Å²) in [5.74, 6) is 0.679. The topological polar surface area (TPSA) is 71.3 Å². The average molecular weight is 378 g/mol. The van der Waals surface area contributed by atoms with E-state index >= 15 is 0 Å². The first-order chi connectivity index (χ1) is 13.4. The van der Waals surface area contributed by atoms with Crippen LogP contribution < -0.4 is 5.32 Å². The molecule has 1 amide bonds. The van der Waals surface area contributed by atoms with E-state index in [4.69, 9.17) is 4.52 Å². The maximum atomic E-state index is 12.4. The molecule has 1 atom stereocenters. The molecular weight excluding hydrogens is 352 g/mol. The molecule has 0 fully saturated rings. The van der Waals surface area contributed by atoms with Crippen molar-refractivity contribution in [3.8, 4) is 11.4 Å². The van der Waals surface area contributed by atoms with Crippen molar-refractivity contribution in [1.82, 2.24) is 20.4 Å². The highest BCUT2D eigenvalue weighted by molar-refractivity contribution is 5.77. The summed E-state index contributed by atoms with van der Waals surface area (Å²) in [6.45, 7) is 4.56. The van der Waals surface area contributed by atoms with E-state index in [2.05, 4.69) is 51.5 Å². The van der Waals surface area contributed by atoms with E-state index < -0.39 is 0 Å². The predicted octanol–water partition coefficient (Wildman–Crippen LogP) is 3.32. The number of likely N-dealkylation sites (N-methyl/N-ethyl adjacent to an activating group) is 1. The van der Waals surface area contributed by atoms with Crippen LogP contribution in [0.15, 0.2) is 53.1 Å². The first-order valence-corrected chi connectivity index (χ1v) is 9.32. The minimum absolute atomic E-state index is 0.0624. The van der Waals surface area contributed by atoms with Crippen LogP contribution in [-0.2, 0) is 11.2 Å². The Hall–Kier alpha value is -2.99. The molecule has 0 radical (unpaired) electrons. The molecule has 0 saturated carbocycles. The molecule has 6 heteroatoms. The van der Waals surface area contributed by atoms with Crippen molar-refractivity contribution in [3.63, 3.8) is 0 Å². The highest BCUT2D eigenvalue weighted by Crippen LogP contribution is 2.20. The third kappa shape index (κ3) is 4.84. The van der Waals surface area contributed by atoms with Crippen LogP contribution in [-0.4, -0.2) is 41.6 Å². The lowest BCUT2D eigenvalue weighted by Gasteiger charge is -2.25. The number of nitrogens with zero attached hydrogens (tertiary/aromatic N) is 3. The Morgan fingerprint density at radius 1 is 1.11 bits per heavy atom. The van der Waals surface area contributed by atoms with Gasteiger partial charge in [-0.25, -0.2) is 0 Å². The number of rotatable bonds is 7. The highest BCUT2D eigenvalue weighted by atomic mass is 16.5. The molecule has 6 nitrogen and oxygen atoms in total. The Labute approximate surface area is 165 Å². The second-order valence-electron chi connectivity index (χ2n) is 7.20. The molecule has 2 aromatic carbocycles. The van der Waals surface area contributed by atoms with Gasteiger partial charge < -0.3 is 14.7 Å². The van der Waals surface area contributed by atoms with Crippen LogP contribution in [0.5, 0.6) is 0 Å². The molecule has 3 rings (SSSR count). The molecule has 1 aromatic heterocycles. The van der Waals surface area contributed by atoms with E-state index in [0.29, 0.717) is 18.3 Å². The Morgan fingerprint density at radius 2 is 1.82 bits per heavy atom. The molecule has 0 bridgehead atoms. The fourth-order valence-electron chi connectivity index (χ4n) is 3.06. The summed E-state index contributed by atoms with van der Waals surface area (Å²) in [5.41, 5.74) is 4.35. The van der Waals surface area contributed by atoms with Crippen molar-refractivity contribution >= 4 is 5.91 Å². The minimum atomic E-state index is -0.140. The van der Waals surface area contributed by atoms with Crippen molar-refractivity contribution in [2.24, 2.45) is 0 Å². The summed E-state index contributed by atoms with van der Waals surface area (Å²) in [4.78, 5) is 18.8. The lowest BCUT2D eigenvalue weighted by atomic mass is 10.0.